The van der Waals surface area contributed by atoms with E-state index in [2.05, 4.69) is 45.5 Å². The SMILES string of the molecule is CC(C)NC(=O)[C@H](CCCCNC(=O)OCC1c2ccccc2-c2ccccc21)NC(=O)[C@@H]1CCCN1.Cl. The zero-order valence-corrected chi connectivity index (χ0v) is 22.9. The lowest BCUT2D eigenvalue weighted by molar-refractivity contribution is -0.130. The van der Waals surface area contributed by atoms with Crippen molar-refractivity contribution in [2.24, 2.45) is 0 Å². The Bertz CT molecular complexity index is 1060. The first-order chi connectivity index (χ1) is 17.9. The van der Waals surface area contributed by atoms with Crippen LogP contribution in [0.4, 0.5) is 4.79 Å². The van der Waals surface area contributed by atoms with Crippen LogP contribution < -0.4 is 21.3 Å². The van der Waals surface area contributed by atoms with Gasteiger partial charge in [-0.05, 0) is 74.8 Å². The molecule has 2 aromatic rings. The number of rotatable bonds is 11. The molecule has 206 valence electrons. The van der Waals surface area contributed by atoms with Gasteiger partial charge in [0, 0.05) is 18.5 Å². The average molecular weight is 543 g/mol. The maximum absolute atomic E-state index is 12.6. The van der Waals surface area contributed by atoms with Gasteiger partial charge in [0.15, 0.2) is 0 Å². The number of halogens is 1. The largest absolute Gasteiger partial charge is 0.449 e. The fourth-order valence-electron chi connectivity index (χ4n) is 5.15. The fraction of sp³-hybridized carbons (Fsp3) is 0.483. The molecule has 9 heteroatoms. The van der Waals surface area contributed by atoms with E-state index in [1.54, 1.807) is 0 Å². The quantitative estimate of drug-likeness (QED) is 0.322. The zero-order chi connectivity index (χ0) is 26.2. The molecule has 2 atom stereocenters. The third kappa shape index (κ3) is 7.48. The molecule has 38 heavy (non-hydrogen) atoms. The number of carbonyl (C=O) groups is 3. The number of hydrogen-bond acceptors (Lipinski definition) is 5. The molecule has 2 aromatic carbocycles. The highest BCUT2D eigenvalue weighted by atomic mass is 35.5. The summed E-state index contributed by atoms with van der Waals surface area (Å²) >= 11 is 0. The predicted octanol–water partition coefficient (Wildman–Crippen LogP) is 3.88. The number of unbranched alkanes of at least 4 members (excludes halogenated alkanes) is 1. The van der Waals surface area contributed by atoms with Crippen molar-refractivity contribution in [1.82, 2.24) is 21.3 Å². The zero-order valence-electron chi connectivity index (χ0n) is 22.1. The van der Waals surface area contributed by atoms with Gasteiger partial charge < -0.3 is 26.0 Å². The van der Waals surface area contributed by atoms with Crippen LogP contribution in [0.3, 0.4) is 0 Å². The standard InChI is InChI=1S/C29H38N4O4.ClH/c1-19(2)32-28(35)26(33-27(34)25-15-9-17-30-25)14-7-8-16-31-29(36)37-18-24-22-12-5-3-10-20(22)21-11-4-6-13-23(21)24;/h3-6,10-13,19,24-26,30H,7-9,14-18H2,1-2H3,(H,31,36)(H,32,35)(H,33,34);1H/t25-,26-;/m0./s1. The number of amides is 3. The number of alkyl carbamates (subject to hydrolysis) is 1. The summed E-state index contributed by atoms with van der Waals surface area (Å²) in [5.41, 5.74) is 4.74. The van der Waals surface area contributed by atoms with Crippen LogP contribution in [0.2, 0.25) is 0 Å². The number of benzene rings is 2. The average Bonchev–Trinajstić information content (AvgIpc) is 3.53. The van der Waals surface area contributed by atoms with Crippen molar-refractivity contribution in [3.63, 3.8) is 0 Å². The molecule has 1 heterocycles. The van der Waals surface area contributed by atoms with E-state index in [9.17, 15) is 14.4 Å². The van der Waals surface area contributed by atoms with E-state index in [-0.39, 0.29) is 48.8 Å². The minimum atomic E-state index is -0.591. The van der Waals surface area contributed by atoms with Crippen molar-refractivity contribution in [2.45, 2.75) is 70.0 Å². The van der Waals surface area contributed by atoms with Crippen LogP contribution in [-0.4, -0.2) is 55.7 Å². The number of carbonyl (C=O) groups excluding carboxylic acids is 3. The highest BCUT2D eigenvalue weighted by molar-refractivity contribution is 5.90. The Morgan fingerprint density at radius 2 is 1.63 bits per heavy atom. The van der Waals surface area contributed by atoms with Gasteiger partial charge in [-0.15, -0.1) is 12.4 Å². The highest BCUT2D eigenvalue weighted by Crippen LogP contribution is 2.44. The van der Waals surface area contributed by atoms with Crippen molar-refractivity contribution >= 4 is 30.3 Å². The topological polar surface area (TPSA) is 109 Å². The van der Waals surface area contributed by atoms with E-state index in [1.807, 2.05) is 38.1 Å². The molecule has 0 bridgehead atoms. The van der Waals surface area contributed by atoms with Gasteiger partial charge in [0.2, 0.25) is 11.8 Å². The van der Waals surface area contributed by atoms with Crippen LogP contribution in [0.1, 0.15) is 63.0 Å². The predicted molar refractivity (Wildman–Crippen MR) is 150 cm³/mol. The second-order valence-electron chi connectivity index (χ2n) is 10.1. The number of ether oxygens (including phenoxy) is 1. The summed E-state index contributed by atoms with van der Waals surface area (Å²) in [7, 11) is 0. The Hall–Kier alpha value is -3.10. The molecular formula is C29H39ClN4O4. The molecular weight excluding hydrogens is 504 g/mol. The minimum absolute atomic E-state index is 0. The van der Waals surface area contributed by atoms with Gasteiger partial charge in [-0.25, -0.2) is 4.79 Å². The van der Waals surface area contributed by atoms with Crippen molar-refractivity contribution < 1.29 is 19.1 Å². The molecule has 4 N–H and O–H groups in total. The lowest BCUT2D eigenvalue weighted by Crippen LogP contribution is -2.52. The Balaban J connectivity index is 0.00000400. The first-order valence-electron chi connectivity index (χ1n) is 13.4. The Kier molecular flexibility index (Phi) is 11.0. The monoisotopic (exact) mass is 542 g/mol. The maximum Gasteiger partial charge on any atom is 0.407 e. The third-order valence-electron chi connectivity index (χ3n) is 6.97. The van der Waals surface area contributed by atoms with Crippen LogP contribution >= 0.6 is 12.4 Å². The molecule has 0 radical (unpaired) electrons. The van der Waals surface area contributed by atoms with Crippen molar-refractivity contribution in [1.29, 1.82) is 0 Å². The van der Waals surface area contributed by atoms with Crippen molar-refractivity contribution in [2.75, 3.05) is 19.7 Å². The Labute approximate surface area is 231 Å². The van der Waals surface area contributed by atoms with Gasteiger partial charge in [0.05, 0.1) is 6.04 Å². The van der Waals surface area contributed by atoms with Gasteiger partial charge in [0.25, 0.3) is 0 Å². The molecule has 1 fully saturated rings. The minimum Gasteiger partial charge on any atom is -0.449 e. The molecule has 3 amide bonds. The molecule has 8 nitrogen and oxygen atoms in total. The Morgan fingerprint density at radius 1 is 0.974 bits per heavy atom. The van der Waals surface area contributed by atoms with Crippen LogP contribution in [0, 0.1) is 0 Å². The number of fused-ring (bicyclic) bond motifs is 3. The molecule has 1 aliphatic carbocycles. The molecule has 2 aliphatic rings. The summed E-state index contributed by atoms with van der Waals surface area (Å²) in [6.45, 7) is 5.33. The van der Waals surface area contributed by atoms with Gasteiger partial charge in [0.1, 0.15) is 12.6 Å². The summed E-state index contributed by atoms with van der Waals surface area (Å²) in [5.74, 6) is -0.277. The van der Waals surface area contributed by atoms with Gasteiger partial charge in [-0.2, -0.15) is 0 Å². The summed E-state index contributed by atoms with van der Waals surface area (Å²) < 4.78 is 5.58. The van der Waals surface area contributed by atoms with E-state index in [1.165, 1.54) is 22.3 Å². The van der Waals surface area contributed by atoms with Crippen LogP contribution in [-0.2, 0) is 14.3 Å². The fourth-order valence-corrected chi connectivity index (χ4v) is 5.15. The van der Waals surface area contributed by atoms with E-state index < -0.39 is 12.1 Å². The summed E-state index contributed by atoms with van der Waals surface area (Å²) in [6, 6.07) is 15.6. The first kappa shape index (κ1) is 29.5. The van der Waals surface area contributed by atoms with E-state index >= 15 is 0 Å². The van der Waals surface area contributed by atoms with Crippen LogP contribution in [0.15, 0.2) is 48.5 Å². The first-order valence-corrected chi connectivity index (χ1v) is 13.4. The van der Waals surface area contributed by atoms with Gasteiger partial charge >= 0.3 is 6.09 Å². The molecule has 4 rings (SSSR count). The third-order valence-corrected chi connectivity index (χ3v) is 6.97. The lowest BCUT2D eigenvalue weighted by Gasteiger charge is -2.22. The molecule has 0 spiro atoms. The van der Waals surface area contributed by atoms with Crippen molar-refractivity contribution in [3.05, 3.63) is 59.7 Å². The summed E-state index contributed by atoms with van der Waals surface area (Å²) in [5, 5.41) is 11.8. The van der Waals surface area contributed by atoms with Crippen LogP contribution in [0.25, 0.3) is 11.1 Å². The van der Waals surface area contributed by atoms with Gasteiger partial charge in [-0.1, -0.05) is 48.5 Å². The lowest BCUT2D eigenvalue weighted by atomic mass is 9.98. The molecule has 0 aromatic heterocycles. The van der Waals surface area contributed by atoms with Crippen molar-refractivity contribution in [3.8, 4) is 11.1 Å². The number of hydrogen-bond donors (Lipinski definition) is 4. The molecule has 0 unspecified atom stereocenters. The maximum atomic E-state index is 12.6. The molecule has 0 saturated carbocycles. The van der Waals surface area contributed by atoms with E-state index in [0.717, 1.165) is 19.4 Å². The molecule has 1 aliphatic heterocycles. The van der Waals surface area contributed by atoms with Gasteiger partial charge in [-0.3, -0.25) is 9.59 Å². The highest BCUT2D eigenvalue weighted by Gasteiger charge is 2.29. The second kappa shape index (κ2) is 14.2. The normalized spacial score (nSPS) is 16.7. The summed E-state index contributed by atoms with van der Waals surface area (Å²) in [6.07, 6.45) is 3.16. The Morgan fingerprint density at radius 3 is 2.24 bits per heavy atom. The second-order valence-corrected chi connectivity index (χ2v) is 10.1. The van der Waals surface area contributed by atoms with E-state index in [0.29, 0.717) is 25.8 Å². The van der Waals surface area contributed by atoms with E-state index in [4.69, 9.17) is 4.74 Å². The molecule has 1 saturated heterocycles. The smallest absolute Gasteiger partial charge is 0.407 e. The summed E-state index contributed by atoms with van der Waals surface area (Å²) in [4.78, 5) is 37.5. The number of nitrogens with one attached hydrogen (secondary N) is 4. The van der Waals surface area contributed by atoms with Crippen LogP contribution in [0.5, 0.6) is 0 Å².